The first-order chi connectivity index (χ1) is 5.54. The molecule has 0 aliphatic carbocycles. The van der Waals surface area contributed by atoms with Crippen LogP contribution in [0.1, 0.15) is 17.6 Å². The van der Waals surface area contributed by atoms with Crippen molar-refractivity contribution in [3.8, 4) is 0 Å². The van der Waals surface area contributed by atoms with Crippen LogP contribution >= 0.6 is 0 Å². The van der Waals surface area contributed by atoms with E-state index in [0.29, 0.717) is 0 Å². The van der Waals surface area contributed by atoms with E-state index in [9.17, 15) is 17.6 Å². The van der Waals surface area contributed by atoms with Gasteiger partial charge in [-0.15, -0.1) is 0 Å². The molecule has 4 heteroatoms. The van der Waals surface area contributed by atoms with Gasteiger partial charge in [0, 0.05) is 0 Å². The van der Waals surface area contributed by atoms with E-state index in [0.717, 1.165) is 12.1 Å². The Hall–Kier alpha value is -1.06. The maximum atomic E-state index is 12.8. The van der Waals surface area contributed by atoms with Gasteiger partial charge in [-0.1, -0.05) is 6.07 Å². The van der Waals surface area contributed by atoms with Crippen molar-refractivity contribution < 1.29 is 17.6 Å². The molecule has 1 aromatic carbocycles. The topological polar surface area (TPSA) is 0 Å². The summed E-state index contributed by atoms with van der Waals surface area (Å²) in [5, 5.41) is 0. The summed E-state index contributed by atoms with van der Waals surface area (Å²) in [6, 6.07) is 1.95. The zero-order chi connectivity index (χ0) is 9.30. The maximum absolute atomic E-state index is 12.8. The van der Waals surface area contributed by atoms with Crippen LogP contribution in [0.25, 0.3) is 0 Å². The number of hydrogen-bond donors (Lipinski definition) is 0. The summed E-state index contributed by atoms with van der Waals surface area (Å²) in [5.41, 5.74) is -1.12. The van der Waals surface area contributed by atoms with Crippen LogP contribution in [0.4, 0.5) is 17.6 Å². The molecule has 0 atom stereocenters. The SMILES string of the molecule is Cc1ccc(F)c(C(F)F)c1F. The van der Waals surface area contributed by atoms with Gasteiger partial charge < -0.3 is 0 Å². The van der Waals surface area contributed by atoms with Gasteiger partial charge in [0.05, 0.1) is 5.56 Å². The van der Waals surface area contributed by atoms with Crippen LogP contribution in [-0.2, 0) is 0 Å². The molecule has 0 bridgehead atoms. The Morgan fingerprint density at radius 1 is 1.17 bits per heavy atom. The van der Waals surface area contributed by atoms with Gasteiger partial charge in [-0.25, -0.2) is 17.6 Å². The fourth-order valence-corrected chi connectivity index (χ4v) is 0.878. The molecule has 66 valence electrons. The molecular weight excluding hydrogens is 172 g/mol. The summed E-state index contributed by atoms with van der Waals surface area (Å²) in [6.07, 6.45) is -3.11. The van der Waals surface area contributed by atoms with E-state index < -0.39 is 23.6 Å². The monoisotopic (exact) mass is 178 g/mol. The molecule has 0 saturated carbocycles. The molecular formula is C8H6F4. The highest BCUT2D eigenvalue weighted by molar-refractivity contribution is 5.27. The second-order valence-corrected chi connectivity index (χ2v) is 2.39. The molecule has 12 heavy (non-hydrogen) atoms. The number of alkyl halides is 2. The largest absolute Gasteiger partial charge is 0.269 e. The predicted molar refractivity (Wildman–Crippen MR) is 36.1 cm³/mol. The van der Waals surface area contributed by atoms with Crippen molar-refractivity contribution >= 4 is 0 Å². The smallest absolute Gasteiger partial charge is 0.206 e. The zero-order valence-corrected chi connectivity index (χ0v) is 6.24. The molecule has 0 radical (unpaired) electrons. The summed E-state index contributed by atoms with van der Waals surface area (Å²) in [4.78, 5) is 0. The third-order valence-corrected chi connectivity index (χ3v) is 1.54. The van der Waals surface area contributed by atoms with E-state index in [1.165, 1.54) is 6.92 Å². The second-order valence-electron chi connectivity index (χ2n) is 2.39. The Balaban J connectivity index is 3.33. The Morgan fingerprint density at radius 3 is 2.17 bits per heavy atom. The predicted octanol–water partition coefficient (Wildman–Crippen LogP) is 3.21. The van der Waals surface area contributed by atoms with Crippen LogP contribution in [0, 0.1) is 18.6 Å². The van der Waals surface area contributed by atoms with Crippen molar-refractivity contribution in [3.05, 3.63) is 34.9 Å². The van der Waals surface area contributed by atoms with E-state index >= 15 is 0 Å². The number of hydrogen-bond acceptors (Lipinski definition) is 0. The van der Waals surface area contributed by atoms with Crippen LogP contribution in [0.5, 0.6) is 0 Å². The lowest BCUT2D eigenvalue weighted by atomic mass is 10.1. The molecule has 0 spiro atoms. The maximum Gasteiger partial charge on any atom is 0.269 e. The molecule has 0 aromatic heterocycles. The van der Waals surface area contributed by atoms with Crippen molar-refractivity contribution in [2.45, 2.75) is 13.3 Å². The average molecular weight is 178 g/mol. The average Bonchev–Trinajstić information content (AvgIpc) is 1.97. The number of benzene rings is 1. The molecule has 0 nitrogen and oxygen atoms in total. The van der Waals surface area contributed by atoms with E-state index in [1.807, 2.05) is 0 Å². The fraction of sp³-hybridized carbons (Fsp3) is 0.250. The van der Waals surface area contributed by atoms with Crippen molar-refractivity contribution in [1.29, 1.82) is 0 Å². The molecule has 0 saturated heterocycles. The Morgan fingerprint density at radius 2 is 1.75 bits per heavy atom. The van der Waals surface area contributed by atoms with Crippen LogP contribution in [0.3, 0.4) is 0 Å². The molecule has 0 amide bonds. The summed E-state index contributed by atoms with van der Waals surface area (Å²) < 4.78 is 49.3. The van der Waals surface area contributed by atoms with Gasteiger partial charge in [0.1, 0.15) is 11.6 Å². The lowest BCUT2D eigenvalue weighted by Crippen LogP contribution is -1.98. The van der Waals surface area contributed by atoms with Crippen LogP contribution in [0.2, 0.25) is 0 Å². The van der Waals surface area contributed by atoms with Crippen molar-refractivity contribution in [3.63, 3.8) is 0 Å². The van der Waals surface area contributed by atoms with Crippen molar-refractivity contribution in [2.24, 2.45) is 0 Å². The van der Waals surface area contributed by atoms with Gasteiger partial charge in [0.15, 0.2) is 0 Å². The molecule has 0 aliphatic rings. The molecule has 0 unspecified atom stereocenters. The lowest BCUT2D eigenvalue weighted by Gasteiger charge is -2.04. The van der Waals surface area contributed by atoms with Gasteiger partial charge in [-0.2, -0.15) is 0 Å². The minimum Gasteiger partial charge on any atom is -0.206 e. The minimum absolute atomic E-state index is 0.0201. The fourth-order valence-electron chi connectivity index (χ4n) is 0.878. The van der Waals surface area contributed by atoms with Crippen LogP contribution in [-0.4, -0.2) is 0 Å². The Labute approximate surface area is 66.8 Å². The molecule has 0 fully saturated rings. The molecule has 0 N–H and O–H groups in total. The third-order valence-electron chi connectivity index (χ3n) is 1.54. The van der Waals surface area contributed by atoms with Crippen molar-refractivity contribution in [1.82, 2.24) is 0 Å². The van der Waals surface area contributed by atoms with E-state index in [4.69, 9.17) is 0 Å². The van der Waals surface area contributed by atoms with Gasteiger partial charge in [0.25, 0.3) is 6.43 Å². The number of aryl methyl sites for hydroxylation is 1. The molecule has 0 aliphatic heterocycles. The quantitative estimate of drug-likeness (QED) is 0.579. The van der Waals surface area contributed by atoms with E-state index in [2.05, 4.69) is 0 Å². The van der Waals surface area contributed by atoms with Gasteiger partial charge in [-0.05, 0) is 18.6 Å². The van der Waals surface area contributed by atoms with E-state index in [1.54, 1.807) is 0 Å². The summed E-state index contributed by atoms with van der Waals surface area (Å²) in [5.74, 6) is -2.36. The van der Waals surface area contributed by atoms with Crippen LogP contribution < -0.4 is 0 Å². The molecule has 0 heterocycles. The number of halogens is 4. The molecule has 1 rings (SSSR count). The third kappa shape index (κ3) is 1.42. The summed E-state index contributed by atoms with van der Waals surface area (Å²) in [6.45, 7) is 1.31. The number of rotatable bonds is 1. The first kappa shape index (κ1) is 9.03. The van der Waals surface area contributed by atoms with Gasteiger partial charge in [0.2, 0.25) is 0 Å². The highest BCUT2D eigenvalue weighted by Crippen LogP contribution is 2.26. The zero-order valence-electron chi connectivity index (χ0n) is 6.24. The summed E-state index contributed by atoms with van der Waals surface area (Å²) >= 11 is 0. The highest BCUT2D eigenvalue weighted by Gasteiger charge is 2.19. The summed E-state index contributed by atoms with van der Waals surface area (Å²) in [7, 11) is 0. The highest BCUT2D eigenvalue weighted by atomic mass is 19.3. The molecule has 1 aromatic rings. The second kappa shape index (κ2) is 3.13. The van der Waals surface area contributed by atoms with E-state index in [-0.39, 0.29) is 5.56 Å². The standard InChI is InChI=1S/C8H6F4/c1-4-2-3-5(9)6(7(4)10)8(11)12/h2-3,8H,1H3. The first-order valence-corrected chi connectivity index (χ1v) is 3.26. The normalized spacial score (nSPS) is 10.8. The first-order valence-electron chi connectivity index (χ1n) is 3.26. The van der Waals surface area contributed by atoms with Crippen LogP contribution in [0.15, 0.2) is 12.1 Å². The van der Waals surface area contributed by atoms with Gasteiger partial charge >= 0.3 is 0 Å². The lowest BCUT2D eigenvalue weighted by molar-refractivity contribution is 0.140. The van der Waals surface area contributed by atoms with Gasteiger partial charge in [-0.3, -0.25) is 0 Å². The minimum atomic E-state index is -3.11. The Kier molecular flexibility index (Phi) is 2.35. The van der Waals surface area contributed by atoms with Crippen molar-refractivity contribution in [2.75, 3.05) is 0 Å². The Bertz CT molecular complexity index is 293.